The Kier molecular flexibility index (Phi) is 6.01. The van der Waals surface area contributed by atoms with Gasteiger partial charge >= 0.3 is 6.72 Å². The molecule has 2 aromatic rings. The summed E-state index contributed by atoms with van der Waals surface area (Å²) in [5, 5.41) is 0. The summed E-state index contributed by atoms with van der Waals surface area (Å²) >= 11 is 5.54. The van der Waals surface area contributed by atoms with Crippen molar-refractivity contribution in [1.82, 2.24) is 0 Å². The van der Waals surface area contributed by atoms with E-state index in [1.54, 1.807) is 0 Å². The van der Waals surface area contributed by atoms with Crippen molar-refractivity contribution in [2.24, 2.45) is 0 Å². The molecule has 0 aliphatic heterocycles. The summed E-state index contributed by atoms with van der Waals surface area (Å²) in [6.07, 6.45) is 0.854. The van der Waals surface area contributed by atoms with Crippen molar-refractivity contribution in [3.05, 3.63) is 59.7 Å². The predicted molar refractivity (Wildman–Crippen MR) is 94.1 cm³/mol. The molecule has 118 valence electrons. The van der Waals surface area contributed by atoms with Gasteiger partial charge in [-0.05, 0) is 44.5 Å². The number of aryl methyl sites for hydroxylation is 2. The number of hydrogen-bond donors (Lipinski definition) is 0. The van der Waals surface area contributed by atoms with Crippen LogP contribution in [0.1, 0.15) is 24.5 Å². The third-order valence-electron chi connectivity index (χ3n) is 2.93. The van der Waals surface area contributed by atoms with E-state index >= 15 is 0 Å². The fourth-order valence-electron chi connectivity index (χ4n) is 1.73. The molecule has 0 aliphatic rings. The molecule has 0 heterocycles. The van der Waals surface area contributed by atoms with E-state index in [-0.39, 0.29) is 0 Å². The molecule has 3 nitrogen and oxygen atoms in total. The van der Waals surface area contributed by atoms with Crippen LogP contribution in [0, 0.1) is 13.8 Å². The largest absolute Gasteiger partial charge is 0.434 e. The van der Waals surface area contributed by atoms with Gasteiger partial charge in [0.2, 0.25) is 0 Å². The lowest BCUT2D eigenvalue weighted by molar-refractivity contribution is 0.262. The molecule has 0 saturated heterocycles. The van der Waals surface area contributed by atoms with Crippen molar-refractivity contribution in [3.63, 3.8) is 0 Å². The second-order valence-corrected chi connectivity index (χ2v) is 7.95. The Labute approximate surface area is 137 Å². The van der Waals surface area contributed by atoms with Gasteiger partial charge in [0.1, 0.15) is 11.5 Å². The summed E-state index contributed by atoms with van der Waals surface area (Å²) in [6.45, 7) is 3.71. The first-order chi connectivity index (χ1) is 10.5. The normalized spacial score (nSPS) is 11.2. The molecule has 0 bridgehead atoms. The maximum Gasteiger partial charge on any atom is 0.434 e. The van der Waals surface area contributed by atoms with Crippen molar-refractivity contribution in [3.8, 4) is 11.5 Å². The topological polar surface area (TPSA) is 27.7 Å². The molecule has 2 rings (SSSR count). The van der Waals surface area contributed by atoms with Crippen LogP contribution in [-0.4, -0.2) is 6.61 Å². The maximum atomic E-state index is 5.87. The highest BCUT2D eigenvalue weighted by Crippen LogP contribution is 2.50. The summed E-state index contributed by atoms with van der Waals surface area (Å²) in [6, 6.07) is 15.4. The Hall–Kier alpha value is -1.35. The first kappa shape index (κ1) is 17.0. The summed E-state index contributed by atoms with van der Waals surface area (Å²) in [7, 11) is 0. The van der Waals surface area contributed by atoms with Crippen LogP contribution in [0.3, 0.4) is 0 Å². The van der Waals surface area contributed by atoms with Crippen LogP contribution in [0.2, 0.25) is 0 Å². The van der Waals surface area contributed by atoms with Crippen LogP contribution in [0.15, 0.2) is 48.5 Å². The minimum Gasteiger partial charge on any atom is -0.416 e. The summed E-state index contributed by atoms with van der Waals surface area (Å²) in [5.41, 5.74) is 2.32. The lowest BCUT2D eigenvalue weighted by atomic mass is 10.2. The molecule has 0 atom stereocenters. The van der Waals surface area contributed by atoms with Gasteiger partial charge in [-0.25, -0.2) is 0 Å². The van der Waals surface area contributed by atoms with E-state index in [2.05, 4.69) is 0 Å². The van der Waals surface area contributed by atoms with Crippen molar-refractivity contribution in [1.29, 1.82) is 0 Å². The van der Waals surface area contributed by atoms with E-state index in [4.69, 9.17) is 25.4 Å². The lowest BCUT2D eigenvalue weighted by Crippen LogP contribution is -2.05. The zero-order valence-corrected chi connectivity index (χ0v) is 14.8. The highest BCUT2D eigenvalue weighted by molar-refractivity contribution is 8.07. The second-order valence-electron chi connectivity index (χ2n) is 5.09. The van der Waals surface area contributed by atoms with Gasteiger partial charge in [-0.15, -0.1) is 0 Å². The molecule has 0 unspecified atom stereocenters. The van der Waals surface area contributed by atoms with Crippen molar-refractivity contribution >= 4 is 18.5 Å². The Balaban J connectivity index is 2.17. The van der Waals surface area contributed by atoms with E-state index in [0.29, 0.717) is 18.1 Å². The predicted octanol–water partition coefficient (Wildman–Crippen LogP) is 5.41. The smallest absolute Gasteiger partial charge is 0.416 e. The van der Waals surface area contributed by atoms with Gasteiger partial charge in [0.25, 0.3) is 0 Å². The van der Waals surface area contributed by atoms with Gasteiger partial charge in [0.05, 0.1) is 6.61 Å². The average molecular weight is 336 g/mol. The van der Waals surface area contributed by atoms with Gasteiger partial charge in [-0.1, -0.05) is 42.3 Å². The van der Waals surface area contributed by atoms with Crippen LogP contribution in [0.5, 0.6) is 11.5 Å². The fourth-order valence-corrected chi connectivity index (χ4v) is 3.78. The van der Waals surface area contributed by atoms with Crippen molar-refractivity contribution in [2.75, 3.05) is 6.61 Å². The Morgan fingerprint density at radius 1 is 0.818 bits per heavy atom. The molecule has 0 spiro atoms. The van der Waals surface area contributed by atoms with Gasteiger partial charge in [0.15, 0.2) is 0 Å². The maximum absolute atomic E-state index is 5.87. The molecular weight excluding hydrogens is 315 g/mol. The van der Waals surface area contributed by atoms with Crippen LogP contribution < -0.4 is 9.05 Å². The molecule has 2 aromatic carbocycles. The zero-order valence-electron chi connectivity index (χ0n) is 13.1. The van der Waals surface area contributed by atoms with E-state index in [9.17, 15) is 0 Å². The Morgan fingerprint density at radius 2 is 1.23 bits per heavy atom. The third kappa shape index (κ3) is 5.13. The van der Waals surface area contributed by atoms with E-state index in [1.807, 2.05) is 69.3 Å². The number of benzene rings is 2. The molecule has 0 N–H and O–H groups in total. The zero-order chi connectivity index (χ0) is 16.0. The average Bonchev–Trinajstić information content (AvgIpc) is 2.50. The van der Waals surface area contributed by atoms with Crippen LogP contribution in [0.25, 0.3) is 0 Å². The third-order valence-corrected chi connectivity index (χ3v) is 5.06. The molecule has 0 aromatic heterocycles. The second kappa shape index (κ2) is 7.77. The molecule has 0 amide bonds. The highest BCUT2D eigenvalue weighted by atomic mass is 32.5. The first-order valence-electron chi connectivity index (χ1n) is 7.28. The Morgan fingerprint density at radius 3 is 1.59 bits per heavy atom. The van der Waals surface area contributed by atoms with Crippen molar-refractivity contribution < 1.29 is 13.6 Å². The fraction of sp³-hybridized carbons (Fsp3) is 0.294. The van der Waals surface area contributed by atoms with Gasteiger partial charge in [0, 0.05) is 11.8 Å². The molecular formula is C17H21O3PS. The molecule has 0 saturated carbocycles. The number of hydrogen-bond acceptors (Lipinski definition) is 4. The summed E-state index contributed by atoms with van der Waals surface area (Å²) in [5.74, 6) is 1.33. The van der Waals surface area contributed by atoms with Gasteiger partial charge in [-0.2, -0.15) is 0 Å². The SMILES string of the molecule is CCCOP(=S)(Oc1ccc(C)cc1)Oc1ccc(C)cc1. The van der Waals surface area contributed by atoms with Gasteiger partial charge < -0.3 is 9.05 Å². The van der Waals surface area contributed by atoms with Crippen LogP contribution in [-0.2, 0) is 16.3 Å². The molecule has 0 fully saturated rings. The molecule has 5 heteroatoms. The van der Waals surface area contributed by atoms with E-state index in [1.165, 1.54) is 0 Å². The minimum atomic E-state index is -2.88. The Bertz CT molecular complexity index is 586. The number of rotatable bonds is 7. The van der Waals surface area contributed by atoms with Gasteiger partial charge in [-0.3, -0.25) is 4.52 Å². The molecule has 0 radical (unpaired) electrons. The molecule has 0 aliphatic carbocycles. The van der Waals surface area contributed by atoms with E-state index < -0.39 is 6.72 Å². The quantitative estimate of drug-likeness (QED) is 0.632. The highest BCUT2D eigenvalue weighted by Gasteiger charge is 2.24. The minimum absolute atomic E-state index is 0.509. The van der Waals surface area contributed by atoms with Crippen LogP contribution in [0.4, 0.5) is 0 Å². The molecule has 22 heavy (non-hydrogen) atoms. The van der Waals surface area contributed by atoms with Crippen LogP contribution >= 0.6 is 6.72 Å². The lowest BCUT2D eigenvalue weighted by Gasteiger charge is -2.22. The van der Waals surface area contributed by atoms with Crippen molar-refractivity contribution in [2.45, 2.75) is 27.2 Å². The monoisotopic (exact) mass is 336 g/mol. The van der Waals surface area contributed by atoms with E-state index in [0.717, 1.165) is 17.5 Å². The standard InChI is InChI=1S/C17H21O3PS/c1-4-13-18-21(22,19-16-9-5-14(2)6-10-16)20-17-11-7-15(3)8-12-17/h5-12H,4,13H2,1-3H3. The first-order valence-corrected chi connectivity index (χ1v) is 9.83. The summed E-state index contributed by atoms with van der Waals surface area (Å²) < 4.78 is 17.5. The summed E-state index contributed by atoms with van der Waals surface area (Å²) in [4.78, 5) is 0.